The minimum absolute atomic E-state index is 0.00427. The Kier molecular flexibility index (Phi) is 8.53. The molecule has 2 rings (SSSR count). The Morgan fingerprint density at radius 2 is 1.81 bits per heavy atom. The van der Waals surface area contributed by atoms with Gasteiger partial charge in [0.15, 0.2) is 0 Å². The second kappa shape index (κ2) is 10.6. The van der Waals surface area contributed by atoms with Crippen molar-refractivity contribution in [1.29, 1.82) is 0 Å². The van der Waals surface area contributed by atoms with E-state index in [0.29, 0.717) is 58.0 Å². The van der Waals surface area contributed by atoms with Crippen molar-refractivity contribution in [1.82, 2.24) is 9.62 Å². The predicted octanol–water partition coefficient (Wildman–Crippen LogP) is 2.03. The molecule has 0 spiro atoms. The smallest absolute Gasteiger partial charge is 0.243 e. The van der Waals surface area contributed by atoms with E-state index in [9.17, 15) is 13.2 Å². The topological polar surface area (TPSA) is 84.9 Å². The summed E-state index contributed by atoms with van der Waals surface area (Å²) in [5, 5.41) is 2.91. The maximum atomic E-state index is 12.8. The van der Waals surface area contributed by atoms with Gasteiger partial charge in [0.2, 0.25) is 15.9 Å². The third-order valence-electron chi connectivity index (χ3n) is 4.57. The Labute approximate surface area is 162 Å². The molecule has 0 unspecified atom stereocenters. The van der Waals surface area contributed by atoms with Crippen LogP contribution in [0.15, 0.2) is 29.2 Å². The first-order valence-electron chi connectivity index (χ1n) is 9.57. The van der Waals surface area contributed by atoms with E-state index in [1.165, 1.54) is 4.31 Å². The molecule has 0 bridgehead atoms. The standard InChI is InChI=1S/C19H30N2O5S/c1-3-25-15-5-12-20-19(22)16-10-13-21(14-11-16)27(23,24)18-8-6-17(7-9-18)26-4-2/h6-9,16H,3-5,10-15H2,1-2H3,(H,20,22). The van der Waals surface area contributed by atoms with Crippen molar-refractivity contribution in [3.63, 3.8) is 0 Å². The number of nitrogens with zero attached hydrogens (tertiary/aromatic N) is 1. The molecule has 152 valence electrons. The first kappa shape index (κ1) is 21.7. The molecule has 1 aliphatic rings. The van der Waals surface area contributed by atoms with E-state index in [1.807, 2.05) is 13.8 Å². The lowest BCUT2D eigenvalue weighted by Gasteiger charge is -2.30. The molecule has 0 atom stereocenters. The van der Waals surface area contributed by atoms with E-state index >= 15 is 0 Å². The van der Waals surface area contributed by atoms with Crippen LogP contribution in [-0.2, 0) is 19.6 Å². The van der Waals surface area contributed by atoms with E-state index in [1.54, 1.807) is 24.3 Å². The fourth-order valence-electron chi connectivity index (χ4n) is 3.06. The van der Waals surface area contributed by atoms with Gasteiger partial charge in [0.25, 0.3) is 0 Å². The number of hydrogen-bond donors (Lipinski definition) is 1. The molecule has 0 aromatic heterocycles. The zero-order valence-corrected chi connectivity index (χ0v) is 17.0. The van der Waals surface area contributed by atoms with Gasteiger partial charge in [-0.1, -0.05) is 0 Å². The van der Waals surface area contributed by atoms with Crippen molar-refractivity contribution >= 4 is 15.9 Å². The van der Waals surface area contributed by atoms with Crippen LogP contribution in [0.25, 0.3) is 0 Å². The van der Waals surface area contributed by atoms with Crippen molar-refractivity contribution in [2.45, 2.75) is 38.0 Å². The highest BCUT2D eigenvalue weighted by Gasteiger charge is 2.31. The summed E-state index contributed by atoms with van der Waals surface area (Å²) in [7, 11) is -3.54. The molecule has 0 saturated carbocycles. The Hall–Kier alpha value is -1.64. The van der Waals surface area contributed by atoms with Gasteiger partial charge in [-0.15, -0.1) is 0 Å². The normalized spacial score (nSPS) is 16.2. The maximum Gasteiger partial charge on any atom is 0.243 e. The number of carbonyl (C=O) groups excluding carboxylic acids is 1. The van der Waals surface area contributed by atoms with Crippen molar-refractivity contribution in [3.05, 3.63) is 24.3 Å². The molecule has 8 heteroatoms. The van der Waals surface area contributed by atoms with Crippen LogP contribution >= 0.6 is 0 Å². The van der Waals surface area contributed by atoms with Gasteiger partial charge in [-0.25, -0.2) is 8.42 Å². The molecule has 7 nitrogen and oxygen atoms in total. The van der Waals surface area contributed by atoms with Crippen molar-refractivity contribution in [2.75, 3.05) is 39.5 Å². The maximum absolute atomic E-state index is 12.8. The van der Waals surface area contributed by atoms with Crippen LogP contribution in [0.2, 0.25) is 0 Å². The molecule has 0 radical (unpaired) electrons. The lowest BCUT2D eigenvalue weighted by Crippen LogP contribution is -2.43. The summed E-state index contributed by atoms with van der Waals surface area (Å²) in [6, 6.07) is 6.46. The summed E-state index contributed by atoms with van der Waals surface area (Å²) in [5.74, 6) is 0.518. The molecule has 1 amide bonds. The molecule has 27 heavy (non-hydrogen) atoms. The summed E-state index contributed by atoms with van der Waals surface area (Å²) in [6.07, 6.45) is 1.85. The van der Waals surface area contributed by atoms with Gasteiger partial charge in [-0.2, -0.15) is 4.31 Å². The summed E-state index contributed by atoms with van der Waals surface area (Å²) in [4.78, 5) is 12.5. The molecule has 1 aliphatic heterocycles. The molecule has 1 aromatic rings. The predicted molar refractivity (Wildman–Crippen MR) is 103 cm³/mol. The Morgan fingerprint density at radius 1 is 1.15 bits per heavy atom. The van der Waals surface area contributed by atoms with Crippen LogP contribution in [-0.4, -0.2) is 58.1 Å². The molecule has 1 saturated heterocycles. The van der Waals surface area contributed by atoms with Crippen LogP contribution in [0.3, 0.4) is 0 Å². The molecule has 1 heterocycles. The van der Waals surface area contributed by atoms with Gasteiger partial charge in [-0.05, 0) is 57.4 Å². The number of rotatable bonds is 10. The van der Waals surface area contributed by atoms with Gasteiger partial charge in [0.1, 0.15) is 5.75 Å². The highest BCUT2D eigenvalue weighted by atomic mass is 32.2. The Balaban J connectivity index is 1.84. The summed E-state index contributed by atoms with van der Waals surface area (Å²) >= 11 is 0. The van der Waals surface area contributed by atoms with E-state index in [2.05, 4.69) is 5.32 Å². The van der Waals surface area contributed by atoms with Gasteiger partial charge in [0.05, 0.1) is 11.5 Å². The van der Waals surface area contributed by atoms with Gasteiger partial charge in [-0.3, -0.25) is 4.79 Å². The fourth-order valence-corrected chi connectivity index (χ4v) is 4.53. The fraction of sp³-hybridized carbons (Fsp3) is 0.632. The summed E-state index contributed by atoms with van der Waals surface area (Å²) in [6.45, 7) is 6.96. The molecule has 1 fully saturated rings. The lowest BCUT2D eigenvalue weighted by molar-refractivity contribution is -0.126. The van der Waals surface area contributed by atoms with Crippen LogP contribution in [0.4, 0.5) is 0 Å². The number of amides is 1. The SMILES string of the molecule is CCOCCCNC(=O)C1CCN(S(=O)(=O)c2ccc(OCC)cc2)CC1. The van der Waals surface area contributed by atoms with Gasteiger partial charge in [0, 0.05) is 38.8 Å². The molecular formula is C19H30N2O5S. The van der Waals surface area contributed by atoms with Crippen LogP contribution in [0, 0.1) is 5.92 Å². The highest BCUT2D eigenvalue weighted by molar-refractivity contribution is 7.89. The van der Waals surface area contributed by atoms with E-state index in [4.69, 9.17) is 9.47 Å². The number of ether oxygens (including phenoxy) is 2. The van der Waals surface area contributed by atoms with Crippen molar-refractivity contribution < 1.29 is 22.7 Å². The average Bonchev–Trinajstić information content (AvgIpc) is 2.68. The Morgan fingerprint density at radius 3 is 2.41 bits per heavy atom. The monoisotopic (exact) mass is 398 g/mol. The molecule has 1 N–H and O–H groups in total. The molecule has 0 aliphatic carbocycles. The summed E-state index contributed by atoms with van der Waals surface area (Å²) in [5.41, 5.74) is 0. The zero-order valence-electron chi connectivity index (χ0n) is 16.1. The first-order valence-corrected chi connectivity index (χ1v) is 11.0. The average molecular weight is 399 g/mol. The third-order valence-corrected chi connectivity index (χ3v) is 6.48. The minimum Gasteiger partial charge on any atom is -0.494 e. The summed E-state index contributed by atoms with van der Waals surface area (Å²) < 4.78 is 37.6. The van der Waals surface area contributed by atoms with E-state index < -0.39 is 10.0 Å². The number of carbonyl (C=O) groups is 1. The van der Waals surface area contributed by atoms with Crippen LogP contribution < -0.4 is 10.1 Å². The number of nitrogens with one attached hydrogen (secondary N) is 1. The lowest BCUT2D eigenvalue weighted by atomic mass is 9.97. The van der Waals surface area contributed by atoms with E-state index in [-0.39, 0.29) is 16.7 Å². The van der Waals surface area contributed by atoms with E-state index in [0.717, 1.165) is 6.42 Å². The third kappa shape index (κ3) is 6.19. The van der Waals surface area contributed by atoms with Crippen molar-refractivity contribution in [3.8, 4) is 5.75 Å². The van der Waals surface area contributed by atoms with Crippen LogP contribution in [0.5, 0.6) is 5.75 Å². The quantitative estimate of drug-likeness (QED) is 0.610. The first-order chi connectivity index (χ1) is 13.0. The number of benzene rings is 1. The number of hydrogen-bond acceptors (Lipinski definition) is 5. The zero-order chi connectivity index (χ0) is 19.7. The number of piperidine rings is 1. The van der Waals surface area contributed by atoms with Crippen molar-refractivity contribution in [2.24, 2.45) is 5.92 Å². The second-order valence-corrected chi connectivity index (χ2v) is 8.36. The molecule has 1 aromatic carbocycles. The van der Waals surface area contributed by atoms with Gasteiger partial charge >= 0.3 is 0 Å². The number of sulfonamides is 1. The minimum atomic E-state index is -3.54. The van der Waals surface area contributed by atoms with Gasteiger partial charge < -0.3 is 14.8 Å². The molecular weight excluding hydrogens is 368 g/mol. The second-order valence-electron chi connectivity index (χ2n) is 6.42. The largest absolute Gasteiger partial charge is 0.494 e. The highest BCUT2D eigenvalue weighted by Crippen LogP contribution is 2.25. The van der Waals surface area contributed by atoms with Crippen LogP contribution in [0.1, 0.15) is 33.1 Å². The Bertz CT molecular complexity index is 683.